The maximum Gasteiger partial charge on any atom is 0.237 e. The van der Waals surface area contributed by atoms with Crippen LogP contribution in [0.15, 0.2) is 54.9 Å². The number of ether oxygens (including phenoxy) is 1. The van der Waals surface area contributed by atoms with Crippen molar-refractivity contribution < 1.29 is 9.53 Å². The number of carbonyl (C=O) groups is 1. The van der Waals surface area contributed by atoms with Crippen LogP contribution in [0.25, 0.3) is 16.6 Å². The first-order chi connectivity index (χ1) is 14.7. The average molecular weight is 404 g/mol. The highest BCUT2D eigenvalue weighted by molar-refractivity contribution is 5.87. The largest absolute Gasteiger partial charge is 0.490 e. The molecule has 8 nitrogen and oxygen atoms in total. The molecule has 1 aromatic carbocycles. The summed E-state index contributed by atoms with van der Waals surface area (Å²) in [4.78, 5) is 13.7. The van der Waals surface area contributed by atoms with Crippen molar-refractivity contribution >= 4 is 22.5 Å². The van der Waals surface area contributed by atoms with E-state index in [9.17, 15) is 4.79 Å². The number of benzene rings is 1. The van der Waals surface area contributed by atoms with Crippen LogP contribution in [0.3, 0.4) is 0 Å². The van der Waals surface area contributed by atoms with E-state index in [1.807, 2.05) is 63.8 Å². The third-order valence-corrected chi connectivity index (χ3v) is 5.68. The topological polar surface area (TPSA) is 90.7 Å². The monoisotopic (exact) mass is 404 g/mol. The predicted molar refractivity (Wildman–Crippen MR) is 113 cm³/mol. The van der Waals surface area contributed by atoms with Gasteiger partial charge in [-0.15, -0.1) is 10.2 Å². The summed E-state index contributed by atoms with van der Waals surface area (Å²) in [6.07, 6.45) is 5.96. The summed E-state index contributed by atoms with van der Waals surface area (Å²) in [5.41, 5.74) is 7.19. The zero-order valence-electron chi connectivity index (χ0n) is 16.6. The molecule has 30 heavy (non-hydrogen) atoms. The van der Waals surface area contributed by atoms with Gasteiger partial charge in [-0.05, 0) is 43.2 Å². The number of amides is 1. The molecule has 5 rings (SSSR count). The summed E-state index contributed by atoms with van der Waals surface area (Å²) in [6.45, 7) is 2.85. The maximum atomic E-state index is 11.3. The first-order valence-electron chi connectivity index (χ1n) is 10.2. The van der Waals surface area contributed by atoms with E-state index in [1.165, 1.54) is 0 Å². The number of hydrogen-bond donors (Lipinski definition) is 1. The van der Waals surface area contributed by atoms with Crippen molar-refractivity contribution in [1.82, 2.24) is 24.1 Å². The van der Waals surface area contributed by atoms with Gasteiger partial charge in [-0.25, -0.2) is 0 Å². The predicted octanol–water partition coefficient (Wildman–Crippen LogP) is 2.21. The fraction of sp³-hybridized carbons (Fsp3) is 0.318. The number of hydrogen-bond acceptors (Lipinski definition) is 5. The van der Waals surface area contributed by atoms with E-state index in [4.69, 9.17) is 10.5 Å². The molecule has 0 spiro atoms. The molecule has 1 aliphatic heterocycles. The summed E-state index contributed by atoms with van der Waals surface area (Å²) in [5, 5.41) is 9.58. The fourth-order valence-corrected chi connectivity index (χ4v) is 4.17. The second-order valence-corrected chi connectivity index (χ2v) is 7.74. The van der Waals surface area contributed by atoms with Gasteiger partial charge in [0.25, 0.3) is 0 Å². The normalized spacial score (nSPS) is 15.7. The zero-order chi connectivity index (χ0) is 20.5. The summed E-state index contributed by atoms with van der Waals surface area (Å²) in [6, 6.07) is 13.9. The van der Waals surface area contributed by atoms with Crippen molar-refractivity contribution in [3.8, 4) is 5.75 Å². The van der Waals surface area contributed by atoms with Crippen LogP contribution in [0.5, 0.6) is 5.75 Å². The molecule has 2 N–H and O–H groups in total. The highest BCUT2D eigenvalue weighted by atomic mass is 16.5. The average Bonchev–Trinajstić information content (AvgIpc) is 3.34. The Hall–Kier alpha value is -3.39. The van der Waals surface area contributed by atoms with E-state index < -0.39 is 0 Å². The van der Waals surface area contributed by atoms with Crippen LogP contribution in [0.4, 0.5) is 0 Å². The molecule has 4 heterocycles. The lowest BCUT2D eigenvalue weighted by molar-refractivity contribution is -0.118. The van der Waals surface area contributed by atoms with Gasteiger partial charge in [-0.2, -0.15) is 0 Å². The van der Waals surface area contributed by atoms with Crippen LogP contribution >= 0.6 is 0 Å². The number of pyridine rings is 1. The smallest absolute Gasteiger partial charge is 0.237 e. The number of fused-ring (bicyclic) bond motifs is 2. The molecule has 3 aromatic heterocycles. The first-order valence-corrected chi connectivity index (χ1v) is 10.2. The van der Waals surface area contributed by atoms with Gasteiger partial charge in [-0.1, -0.05) is 12.1 Å². The van der Waals surface area contributed by atoms with E-state index in [1.54, 1.807) is 0 Å². The molecular formula is C22H24N6O2. The van der Waals surface area contributed by atoms with Crippen molar-refractivity contribution in [2.45, 2.75) is 32.0 Å². The minimum absolute atomic E-state index is 0.168. The molecule has 0 bridgehead atoms. The SMILES string of the molecule is NC(=O)Cn1ccc2c(OC3CCN(Cc4nnc5ccccn45)CC3)cccc21. The molecule has 0 radical (unpaired) electrons. The Kier molecular flexibility index (Phi) is 4.84. The Morgan fingerprint density at radius 1 is 1.07 bits per heavy atom. The zero-order valence-corrected chi connectivity index (χ0v) is 16.6. The number of nitrogens with zero attached hydrogens (tertiary/aromatic N) is 5. The molecule has 4 aromatic rings. The number of aromatic nitrogens is 4. The highest BCUT2D eigenvalue weighted by Gasteiger charge is 2.22. The van der Waals surface area contributed by atoms with Gasteiger partial charge in [0.15, 0.2) is 11.5 Å². The van der Waals surface area contributed by atoms with Gasteiger partial charge in [0.2, 0.25) is 5.91 Å². The molecule has 8 heteroatoms. The number of rotatable bonds is 6. The number of piperidine rings is 1. The van der Waals surface area contributed by atoms with Crippen molar-refractivity contribution in [1.29, 1.82) is 0 Å². The minimum atomic E-state index is -0.355. The van der Waals surface area contributed by atoms with Crippen molar-refractivity contribution in [3.63, 3.8) is 0 Å². The summed E-state index contributed by atoms with van der Waals surface area (Å²) < 4.78 is 10.3. The van der Waals surface area contributed by atoms with Gasteiger partial charge in [0.1, 0.15) is 18.4 Å². The van der Waals surface area contributed by atoms with Crippen molar-refractivity contribution in [3.05, 3.63) is 60.7 Å². The van der Waals surface area contributed by atoms with E-state index >= 15 is 0 Å². The molecule has 1 aliphatic rings. The third kappa shape index (κ3) is 3.61. The summed E-state index contributed by atoms with van der Waals surface area (Å²) >= 11 is 0. The van der Waals surface area contributed by atoms with E-state index in [2.05, 4.69) is 15.1 Å². The Balaban J connectivity index is 1.23. The molecule has 0 saturated carbocycles. The second kappa shape index (κ2) is 7.79. The van der Waals surface area contributed by atoms with Gasteiger partial charge >= 0.3 is 0 Å². The summed E-state index contributed by atoms with van der Waals surface area (Å²) in [7, 11) is 0. The Bertz CT molecular complexity index is 1190. The van der Waals surface area contributed by atoms with Gasteiger partial charge in [0, 0.05) is 30.9 Å². The second-order valence-electron chi connectivity index (χ2n) is 7.74. The van der Waals surface area contributed by atoms with Crippen LogP contribution in [-0.4, -0.2) is 49.2 Å². The first kappa shape index (κ1) is 18.6. The lowest BCUT2D eigenvalue weighted by Gasteiger charge is -2.31. The molecule has 0 aliphatic carbocycles. The van der Waals surface area contributed by atoms with Crippen LogP contribution in [0, 0.1) is 0 Å². The Morgan fingerprint density at radius 2 is 1.93 bits per heavy atom. The van der Waals surface area contributed by atoms with Crippen LogP contribution in [0.2, 0.25) is 0 Å². The van der Waals surface area contributed by atoms with Gasteiger partial charge in [-0.3, -0.25) is 14.1 Å². The quantitative estimate of drug-likeness (QED) is 0.532. The Morgan fingerprint density at radius 3 is 2.77 bits per heavy atom. The molecule has 0 unspecified atom stereocenters. The number of likely N-dealkylation sites (tertiary alicyclic amines) is 1. The molecule has 1 amide bonds. The maximum absolute atomic E-state index is 11.3. The molecule has 1 saturated heterocycles. The molecule has 1 fully saturated rings. The van der Waals surface area contributed by atoms with Crippen molar-refractivity contribution in [2.24, 2.45) is 5.73 Å². The van der Waals surface area contributed by atoms with Crippen LogP contribution < -0.4 is 10.5 Å². The molecular weight excluding hydrogens is 380 g/mol. The molecule has 0 atom stereocenters. The minimum Gasteiger partial charge on any atom is -0.490 e. The van der Waals surface area contributed by atoms with E-state index in [0.717, 1.165) is 60.6 Å². The number of carbonyl (C=O) groups excluding carboxylic acids is 1. The number of nitrogens with two attached hydrogens (primary N) is 1. The Labute approximate surface area is 173 Å². The molecule has 154 valence electrons. The van der Waals surface area contributed by atoms with E-state index in [-0.39, 0.29) is 18.6 Å². The van der Waals surface area contributed by atoms with Crippen molar-refractivity contribution in [2.75, 3.05) is 13.1 Å². The standard InChI is InChI=1S/C22H24N6O2/c23-20(29)14-27-13-9-17-18(27)4-3-5-19(17)30-16-7-11-26(12-8-16)15-22-25-24-21-6-1-2-10-28(21)22/h1-6,9-10,13,16H,7-8,11-12,14-15H2,(H2,23,29). The van der Waals surface area contributed by atoms with E-state index in [0.29, 0.717) is 0 Å². The lowest BCUT2D eigenvalue weighted by Crippen LogP contribution is -2.38. The van der Waals surface area contributed by atoms with Gasteiger partial charge < -0.3 is 15.0 Å². The third-order valence-electron chi connectivity index (χ3n) is 5.68. The van der Waals surface area contributed by atoms with Gasteiger partial charge in [0.05, 0.1) is 12.1 Å². The lowest BCUT2D eigenvalue weighted by atomic mass is 10.1. The number of primary amides is 1. The fourth-order valence-electron chi connectivity index (χ4n) is 4.17. The van der Waals surface area contributed by atoms with Crippen LogP contribution in [0.1, 0.15) is 18.7 Å². The summed E-state index contributed by atoms with van der Waals surface area (Å²) in [5.74, 6) is 1.47. The van der Waals surface area contributed by atoms with Crippen LogP contribution in [-0.2, 0) is 17.9 Å². The highest BCUT2D eigenvalue weighted by Crippen LogP contribution is 2.29.